The molecule has 0 radical (unpaired) electrons. The lowest BCUT2D eigenvalue weighted by Crippen LogP contribution is -2.40. The fraction of sp³-hybridized carbons (Fsp3) is 0.308. The van der Waals surface area contributed by atoms with Crippen molar-refractivity contribution in [3.05, 3.63) is 77.2 Å². The lowest BCUT2D eigenvalue weighted by atomic mass is 9.98. The molecule has 180 valence electrons. The van der Waals surface area contributed by atoms with Crippen molar-refractivity contribution in [2.45, 2.75) is 37.8 Å². The van der Waals surface area contributed by atoms with E-state index < -0.39 is 29.9 Å². The van der Waals surface area contributed by atoms with Crippen LogP contribution in [-0.4, -0.2) is 40.9 Å². The number of amides is 2. The van der Waals surface area contributed by atoms with E-state index >= 15 is 0 Å². The number of nitrogens with zero attached hydrogens (tertiary/aromatic N) is 1. The monoisotopic (exact) mass is 475 g/mol. The van der Waals surface area contributed by atoms with Crippen molar-refractivity contribution in [1.82, 2.24) is 15.8 Å². The molecule has 3 N–H and O–H groups in total. The SMILES string of the molecule is O=C(NCc1nocc1C(=O)N[C@@H]1CCC[C@@H]1C(=O)O)OCC1c2ccccc2-c2ccccc21. The van der Waals surface area contributed by atoms with Crippen LogP contribution in [-0.2, 0) is 16.1 Å². The second-order valence-corrected chi connectivity index (χ2v) is 8.81. The van der Waals surface area contributed by atoms with Gasteiger partial charge < -0.3 is 25.0 Å². The summed E-state index contributed by atoms with van der Waals surface area (Å²) in [4.78, 5) is 36.5. The normalized spacial score (nSPS) is 18.5. The number of alkyl carbamates (subject to hydrolysis) is 1. The van der Waals surface area contributed by atoms with Gasteiger partial charge in [-0.3, -0.25) is 9.59 Å². The van der Waals surface area contributed by atoms with E-state index in [1.54, 1.807) is 0 Å². The zero-order valence-corrected chi connectivity index (χ0v) is 18.9. The summed E-state index contributed by atoms with van der Waals surface area (Å²) in [5, 5.41) is 18.5. The smallest absolute Gasteiger partial charge is 0.407 e. The Bertz CT molecular complexity index is 1220. The molecule has 1 aromatic heterocycles. The van der Waals surface area contributed by atoms with Gasteiger partial charge in [-0.2, -0.15) is 0 Å². The molecule has 0 spiro atoms. The van der Waals surface area contributed by atoms with Crippen LogP contribution < -0.4 is 10.6 Å². The topological polar surface area (TPSA) is 131 Å². The molecule has 2 amide bonds. The Morgan fingerprint density at radius 1 is 1.03 bits per heavy atom. The Balaban J connectivity index is 1.18. The summed E-state index contributed by atoms with van der Waals surface area (Å²) in [6.45, 7) is 0.104. The number of ether oxygens (including phenoxy) is 1. The molecule has 5 rings (SSSR count). The molecule has 3 aromatic rings. The van der Waals surface area contributed by atoms with Gasteiger partial charge in [0.2, 0.25) is 0 Å². The number of hydrogen-bond acceptors (Lipinski definition) is 6. The van der Waals surface area contributed by atoms with E-state index in [1.165, 1.54) is 6.26 Å². The predicted molar refractivity (Wildman–Crippen MR) is 125 cm³/mol. The minimum Gasteiger partial charge on any atom is -0.481 e. The number of carboxylic acids is 1. The molecule has 0 saturated heterocycles. The Hall–Kier alpha value is -4.14. The summed E-state index contributed by atoms with van der Waals surface area (Å²) in [5.74, 6) is -2.07. The maximum atomic E-state index is 12.7. The first-order chi connectivity index (χ1) is 17.0. The molecule has 0 aliphatic heterocycles. The fourth-order valence-corrected chi connectivity index (χ4v) is 5.05. The number of carbonyl (C=O) groups is 3. The fourth-order valence-electron chi connectivity index (χ4n) is 5.05. The second kappa shape index (κ2) is 9.61. The number of hydrogen-bond donors (Lipinski definition) is 3. The third-order valence-corrected chi connectivity index (χ3v) is 6.78. The summed E-state index contributed by atoms with van der Waals surface area (Å²) < 4.78 is 10.5. The predicted octanol–water partition coefficient (Wildman–Crippen LogP) is 3.70. The van der Waals surface area contributed by atoms with Gasteiger partial charge in [-0.05, 0) is 35.1 Å². The molecule has 9 heteroatoms. The van der Waals surface area contributed by atoms with Crippen molar-refractivity contribution in [2.75, 3.05) is 6.61 Å². The molecule has 1 heterocycles. The van der Waals surface area contributed by atoms with Gasteiger partial charge in [-0.25, -0.2) is 4.79 Å². The molecular formula is C26H25N3O6. The average Bonchev–Trinajstić information content (AvgIpc) is 3.59. The highest BCUT2D eigenvalue weighted by Crippen LogP contribution is 2.44. The average molecular weight is 476 g/mol. The Morgan fingerprint density at radius 3 is 2.40 bits per heavy atom. The number of benzene rings is 2. The zero-order chi connectivity index (χ0) is 24.4. The maximum absolute atomic E-state index is 12.7. The summed E-state index contributed by atoms with van der Waals surface area (Å²) in [6.07, 6.45) is 2.42. The highest BCUT2D eigenvalue weighted by Gasteiger charge is 2.35. The van der Waals surface area contributed by atoms with E-state index in [4.69, 9.17) is 9.26 Å². The molecule has 1 saturated carbocycles. The third kappa shape index (κ3) is 4.49. The van der Waals surface area contributed by atoms with Gasteiger partial charge >= 0.3 is 12.1 Å². The molecular weight excluding hydrogens is 450 g/mol. The minimum absolute atomic E-state index is 0.0601. The van der Waals surface area contributed by atoms with E-state index in [2.05, 4.69) is 27.9 Å². The van der Waals surface area contributed by atoms with Crippen LogP contribution >= 0.6 is 0 Å². The number of carbonyl (C=O) groups excluding carboxylic acids is 2. The van der Waals surface area contributed by atoms with Crippen molar-refractivity contribution < 1.29 is 28.8 Å². The molecule has 35 heavy (non-hydrogen) atoms. The number of rotatable bonds is 7. The Labute approximate surface area is 201 Å². The van der Waals surface area contributed by atoms with Crippen LogP contribution in [0, 0.1) is 5.92 Å². The number of aromatic nitrogens is 1. The van der Waals surface area contributed by atoms with Crippen LogP contribution in [0.4, 0.5) is 4.79 Å². The molecule has 0 bridgehead atoms. The molecule has 2 aliphatic carbocycles. The quantitative estimate of drug-likeness (QED) is 0.475. The lowest BCUT2D eigenvalue weighted by Gasteiger charge is -2.17. The van der Waals surface area contributed by atoms with Crippen molar-refractivity contribution in [3.8, 4) is 11.1 Å². The molecule has 1 fully saturated rings. The van der Waals surface area contributed by atoms with Gasteiger partial charge in [0.25, 0.3) is 5.91 Å². The summed E-state index contributed by atoms with van der Waals surface area (Å²) in [7, 11) is 0. The van der Waals surface area contributed by atoms with Gasteiger partial charge in [-0.15, -0.1) is 0 Å². The molecule has 2 aliphatic rings. The second-order valence-electron chi connectivity index (χ2n) is 8.81. The van der Waals surface area contributed by atoms with E-state index in [9.17, 15) is 19.5 Å². The standard InChI is InChI=1S/C26H25N3O6/c30-24(28-22-11-5-10-19(22)25(31)32)21-14-35-29-23(21)12-27-26(33)34-13-20-17-8-3-1-6-15(17)16-7-2-4-9-18(16)20/h1-4,6-9,14,19-20,22H,5,10-13H2,(H,27,33)(H,28,30)(H,31,32)/t19-,22+/m0/s1. The summed E-state index contributed by atoms with van der Waals surface area (Å²) in [5.41, 5.74) is 4.90. The Kier molecular flexibility index (Phi) is 6.22. The highest BCUT2D eigenvalue weighted by molar-refractivity contribution is 5.95. The number of fused-ring (bicyclic) bond motifs is 3. The first kappa shape index (κ1) is 22.6. The van der Waals surface area contributed by atoms with Crippen molar-refractivity contribution in [2.24, 2.45) is 5.92 Å². The summed E-state index contributed by atoms with van der Waals surface area (Å²) in [6, 6.07) is 15.7. The molecule has 2 aromatic carbocycles. The minimum atomic E-state index is -0.921. The van der Waals surface area contributed by atoms with Crippen LogP contribution in [0.2, 0.25) is 0 Å². The molecule has 2 atom stereocenters. The number of aliphatic carboxylic acids is 1. The van der Waals surface area contributed by atoms with E-state index in [0.717, 1.165) is 28.7 Å². The van der Waals surface area contributed by atoms with E-state index in [0.29, 0.717) is 12.8 Å². The van der Waals surface area contributed by atoms with Crippen molar-refractivity contribution in [1.29, 1.82) is 0 Å². The Morgan fingerprint density at radius 2 is 1.71 bits per heavy atom. The summed E-state index contributed by atoms with van der Waals surface area (Å²) >= 11 is 0. The molecule has 0 unspecified atom stereocenters. The molecule has 9 nitrogen and oxygen atoms in total. The lowest BCUT2D eigenvalue weighted by molar-refractivity contribution is -0.142. The van der Waals surface area contributed by atoms with Crippen LogP contribution in [0.1, 0.15) is 52.4 Å². The van der Waals surface area contributed by atoms with Crippen LogP contribution in [0.25, 0.3) is 11.1 Å². The highest BCUT2D eigenvalue weighted by atomic mass is 16.5. The zero-order valence-electron chi connectivity index (χ0n) is 18.9. The van der Waals surface area contributed by atoms with Gasteiger partial charge in [0.1, 0.15) is 24.1 Å². The van der Waals surface area contributed by atoms with Gasteiger partial charge in [0.05, 0.1) is 12.5 Å². The van der Waals surface area contributed by atoms with Gasteiger partial charge in [0.15, 0.2) is 0 Å². The van der Waals surface area contributed by atoms with E-state index in [1.807, 2.05) is 36.4 Å². The van der Waals surface area contributed by atoms with E-state index in [-0.39, 0.29) is 30.3 Å². The van der Waals surface area contributed by atoms with Crippen molar-refractivity contribution >= 4 is 18.0 Å². The van der Waals surface area contributed by atoms with Crippen LogP contribution in [0.15, 0.2) is 59.3 Å². The van der Waals surface area contributed by atoms with Gasteiger partial charge in [0, 0.05) is 12.0 Å². The number of nitrogens with one attached hydrogen (secondary N) is 2. The maximum Gasteiger partial charge on any atom is 0.407 e. The van der Waals surface area contributed by atoms with Gasteiger partial charge in [-0.1, -0.05) is 60.1 Å². The van der Waals surface area contributed by atoms with Crippen LogP contribution in [0.3, 0.4) is 0 Å². The third-order valence-electron chi connectivity index (χ3n) is 6.78. The van der Waals surface area contributed by atoms with Crippen molar-refractivity contribution in [3.63, 3.8) is 0 Å². The largest absolute Gasteiger partial charge is 0.481 e. The number of carboxylic acid groups (broad SMARTS) is 1. The first-order valence-electron chi connectivity index (χ1n) is 11.6. The first-order valence-corrected chi connectivity index (χ1v) is 11.6. The van der Waals surface area contributed by atoms with Crippen LogP contribution in [0.5, 0.6) is 0 Å².